The van der Waals surface area contributed by atoms with Crippen molar-refractivity contribution in [1.29, 1.82) is 0 Å². The maximum absolute atomic E-state index is 9.80. The summed E-state index contributed by atoms with van der Waals surface area (Å²) >= 11 is 0. The van der Waals surface area contributed by atoms with Gasteiger partial charge in [0.1, 0.15) is 0 Å². The summed E-state index contributed by atoms with van der Waals surface area (Å²) in [5.74, 6) is 0. The van der Waals surface area contributed by atoms with Gasteiger partial charge in [0.2, 0.25) is 0 Å². The molecule has 0 radical (unpaired) electrons. The van der Waals surface area contributed by atoms with Gasteiger partial charge < -0.3 is 10.2 Å². The maximum Gasteiger partial charge on any atom is 0.0758 e. The lowest BCUT2D eigenvalue weighted by Crippen LogP contribution is -2.38. The minimum Gasteiger partial charge on any atom is -0.396 e. The van der Waals surface area contributed by atoms with E-state index in [-0.39, 0.29) is 12.0 Å². The number of aliphatic hydroxyl groups is 2. The van der Waals surface area contributed by atoms with Crippen LogP contribution in [0.4, 0.5) is 0 Å². The first-order valence-corrected chi connectivity index (χ1v) is 5.46. The average Bonchev–Trinajstić information content (AvgIpc) is 2.45. The molecule has 1 rings (SSSR count). The Bertz CT molecular complexity index is 188. The molecule has 0 amide bonds. The van der Waals surface area contributed by atoms with Crippen LogP contribution in [-0.2, 0) is 0 Å². The minimum absolute atomic E-state index is 0.0135. The molecule has 1 fully saturated rings. The summed E-state index contributed by atoms with van der Waals surface area (Å²) in [7, 11) is 0. The molecule has 84 valence electrons. The third-order valence-electron chi connectivity index (χ3n) is 3.37. The molecule has 1 saturated heterocycles. The lowest BCUT2D eigenvalue weighted by atomic mass is 9.88. The van der Waals surface area contributed by atoms with Gasteiger partial charge in [-0.15, -0.1) is 0 Å². The predicted molar refractivity (Wildman–Crippen MR) is 57.2 cm³/mol. The normalized spacial score (nSPS) is 33.2. The van der Waals surface area contributed by atoms with Crippen LogP contribution in [-0.4, -0.2) is 47.0 Å². The molecule has 14 heavy (non-hydrogen) atoms. The monoisotopic (exact) mass is 201 g/mol. The molecular weight excluding hydrogens is 178 g/mol. The smallest absolute Gasteiger partial charge is 0.0758 e. The van der Waals surface area contributed by atoms with Crippen molar-refractivity contribution < 1.29 is 10.2 Å². The van der Waals surface area contributed by atoms with E-state index in [9.17, 15) is 10.2 Å². The van der Waals surface area contributed by atoms with Gasteiger partial charge in [0.25, 0.3) is 0 Å². The topological polar surface area (TPSA) is 43.7 Å². The first-order chi connectivity index (χ1) is 6.41. The van der Waals surface area contributed by atoms with E-state index in [0.717, 1.165) is 32.5 Å². The molecule has 0 saturated carbocycles. The molecule has 2 atom stereocenters. The fourth-order valence-electron chi connectivity index (χ4n) is 1.99. The Morgan fingerprint density at radius 2 is 2.14 bits per heavy atom. The van der Waals surface area contributed by atoms with Crippen molar-refractivity contribution in [3.05, 3.63) is 0 Å². The van der Waals surface area contributed by atoms with Gasteiger partial charge in [0.05, 0.1) is 5.60 Å². The van der Waals surface area contributed by atoms with Crippen molar-refractivity contribution in [3.8, 4) is 0 Å². The third kappa shape index (κ3) is 2.94. The number of β-amino-alcohol motifs (C(OH)–C–C–N with tert-alkyl or cyclic N) is 1. The quantitative estimate of drug-likeness (QED) is 0.709. The molecule has 3 heteroatoms. The van der Waals surface area contributed by atoms with Gasteiger partial charge >= 0.3 is 0 Å². The fourth-order valence-corrected chi connectivity index (χ4v) is 1.99. The Balaban J connectivity index is 2.46. The summed E-state index contributed by atoms with van der Waals surface area (Å²) in [4.78, 5) is 2.25. The molecule has 1 aliphatic heterocycles. The van der Waals surface area contributed by atoms with E-state index in [2.05, 4.69) is 18.7 Å². The second kappa shape index (κ2) is 4.17. The highest BCUT2D eigenvalue weighted by molar-refractivity contribution is 4.88. The third-order valence-corrected chi connectivity index (χ3v) is 3.37. The van der Waals surface area contributed by atoms with Gasteiger partial charge in [-0.25, -0.2) is 0 Å². The van der Waals surface area contributed by atoms with Gasteiger partial charge in [-0.05, 0) is 19.8 Å². The van der Waals surface area contributed by atoms with Crippen LogP contribution >= 0.6 is 0 Å². The number of hydrogen-bond donors (Lipinski definition) is 2. The Kier molecular flexibility index (Phi) is 3.56. The number of likely N-dealkylation sites (tertiary alicyclic amines) is 1. The first-order valence-electron chi connectivity index (χ1n) is 5.46. The highest BCUT2D eigenvalue weighted by atomic mass is 16.3. The van der Waals surface area contributed by atoms with Crippen molar-refractivity contribution in [2.75, 3.05) is 26.2 Å². The van der Waals surface area contributed by atoms with Crippen LogP contribution in [0.15, 0.2) is 0 Å². The van der Waals surface area contributed by atoms with E-state index in [1.165, 1.54) is 0 Å². The van der Waals surface area contributed by atoms with E-state index in [1.54, 1.807) is 0 Å². The number of aliphatic hydroxyl groups excluding tert-OH is 1. The molecule has 1 heterocycles. The Morgan fingerprint density at radius 1 is 1.50 bits per heavy atom. The van der Waals surface area contributed by atoms with Crippen LogP contribution in [0.1, 0.15) is 33.6 Å². The van der Waals surface area contributed by atoms with Crippen LogP contribution in [0, 0.1) is 5.41 Å². The van der Waals surface area contributed by atoms with Crippen LogP contribution in [0.2, 0.25) is 0 Å². The average molecular weight is 201 g/mol. The van der Waals surface area contributed by atoms with Gasteiger partial charge in [-0.3, -0.25) is 4.90 Å². The van der Waals surface area contributed by atoms with Gasteiger partial charge in [-0.2, -0.15) is 0 Å². The summed E-state index contributed by atoms with van der Waals surface area (Å²) < 4.78 is 0. The molecule has 2 N–H and O–H groups in total. The van der Waals surface area contributed by atoms with Crippen molar-refractivity contribution in [1.82, 2.24) is 4.90 Å². The predicted octanol–water partition coefficient (Wildman–Crippen LogP) is 0.852. The summed E-state index contributed by atoms with van der Waals surface area (Å²) in [5.41, 5.74) is -0.537. The Labute approximate surface area is 86.7 Å². The zero-order chi connectivity index (χ0) is 10.8. The zero-order valence-corrected chi connectivity index (χ0v) is 9.58. The molecule has 0 aromatic carbocycles. The highest BCUT2D eigenvalue weighted by Gasteiger charge is 2.34. The van der Waals surface area contributed by atoms with Gasteiger partial charge in [-0.1, -0.05) is 13.8 Å². The molecule has 0 aromatic rings. The minimum atomic E-state index is -0.524. The molecular formula is C11H23NO2. The van der Waals surface area contributed by atoms with Gasteiger partial charge in [0, 0.05) is 31.7 Å². The van der Waals surface area contributed by atoms with Crippen LogP contribution in [0.25, 0.3) is 0 Å². The van der Waals surface area contributed by atoms with Crippen molar-refractivity contribution >= 4 is 0 Å². The lowest BCUT2D eigenvalue weighted by molar-refractivity contribution is 0.0507. The lowest BCUT2D eigenvalue weighted by Gasteiger charge is -2.31. The van der Waals surface area contributed by atoms with E-state index in [4.69, 9.17) is 0 Å². The fraction of sp³-hybridized carbons (Fsp3) is 1.00. The van der Waals surface area contributed by atoms with Crippen molar-refractivity contribution in [2.45, 2.75) is 39.2 Å². The molecule has 0 bridgehead atoms. The summed E-state index contributed by atoms with van der Waals surface area (Å²) in [6, 6.07) is 0. The highest BCUT2D eigenvalue weighted by Crippen LogP contribution is 2.27. The number of nitrogens with zero attached hydrogens (tertiary/aromatic N) is 1. The van der Waals surface area contributed by atoms with Crippen molar-refractivity contribution in [2.24, 2.45) is 5.41 Å². The maximum atomic E-state index is 9.80. The molecule has 3 nitrogen and oxygen atoms in total. The summed E-state index contributed by atoms with van der Waals surface area (Å²) in [5, 5.41) is 19.1. The summed E-state index contributed by atoms with van der Waals surface area (Å²) in [6.45, 7) is 8.88. The molecule has 0 aliphatic carbocycles. The number of hydrogen-bond acceptors (Lipinski definition) is 3. The second-order valence-corrected chi connectivity index (χ2v) is 5.28. The van der Waals surface area contributed by atoms with E-state index >= 15 is 0 Å². The van der Waals surface area contributed by atoms with Crippen molar-refractivity contribution in [3.63, 3.8) is 0 Å². The molecule has 0 spiro atoms. The van der Waals surface area contributed by atoms with Crippen LogP contribution in [0.5, 0.6) is 0 Å². The molecule has 0 aromatic heterocycles. The second-order valence-electron chi connectivity index (χ2n) is 5.28. The van der Waals surface area contributed by atoms with Crippen LogP contribution < -0.4 is 0 Å². The van der Waals surface area contributed by atoms with E-state index in [1.807, 2.05) is 6.92 Å². The van der Waals surface area contributed by atoms with Crippen LogP contribution in [0.3, 0.4) is 0 Å². The van der Waals surface area contributed by atoms with E-state index < -0.39 is 5.60 Å². The SMILES string of the molecule is CCC(C)(CO)CN1CCC(C)(O)C1. The molecule has 2 unspecified atom stereocenters. The molecule has 1 aliphatic rings. The largest absolute Gasteiger partial charge is 0.396 e. The standard InChI is InChI=1S/C11H23NO2/c1-4-10(2,9-13)7-12-6-5-11(3,14)8-12/h13-14H,4-9H2,1-3H3. The van der Waals surface area contributed by atoms with Gasteiger partial charge in [0.15, 0.2) is 0 Å². The first kappa shape index (κ1) is 12.0. The summed E-state index contributed by atoms with van der Waals surface area (Å²) in [6.07, 6.45) is 1.82. The number of rotatable bonds is 4. The van der Waals surface area contributed by atoms with E-state index in [0.29, 0.717) is 0 Å². The zero-order valence-electron chi connectivity index (χ0n) is 9.58. The Morgan fingerprint density at radius 3 is 2.50 bits per heavy atom. The Hall–Kier alpha value is -0.120.